The zero-order chi connectivity index (χ0) is 14.8. The highest BCUT2D eigenvalue weighted by atomic mass is 19.1. The van der Waals surface area contributed by atoms with Gasteiger partial charge in [0.25, 0.3) is 5.91 Å². The van der Waals surface area contributed by atoms with E-state index < -0.39 is 17.8 Å². The molecule has 2 aromatic heterocycles. The standard InChI is InChI=1S/C15H12FNO4/c16-10-4-1-3-9-7-13(21-14(9)10)15(19)17-11(8-18)12-5-2-6-20-12/h1-7,11,18H,8H2,(H,17,19). The van der Waals surface area contributed by atoms with Crippen LogP contribution in [0.1, 0.15) is 22.4 Å². The van der Waals surface area contributed by atoms with Gasteiger partial charge in [0.1, 0.15) is 11.8 Å². The van der Waals surface area contributed by atoms with Crippen molar-refractivity contribution in [1.82, 2.24) is 5.32 Å². The maximum atomic E-state index is 13.5. The summed E-state index contributed by atoms with van der Waals surface area (Å²) in [7, 11) is 0. The maximum absolute atomic E-state index is 13.5. The van der Waals surface area contributed by atoms with Crippen molar-refractivity contribution in [3.63, 3.8) is 0 Å². The monoisotopic (exact) mass is 289 g/mol. The van der Waals surface area contributed by atoms with Gasteiger partial charge in [-0.1, -0.05) is 12.1 Å². The van der Waals surface area contributed by atoms with E-state index in [-0.39, 0.29) is 18.0 Å². The molecule has 0 aliphatic carbocycles. The number of rotatable bonds is 4. The van der Waals surface area contributed by atoms with E-state index in [9.17, 15) is 14.3 Å². The van der Waals surface area contributed by atoms with Gasteiger partial charge in [-0.3, -0.25) is 4.79 Å². The normalized spacial score (nSPS) is 12.5. The molecule has 0 spiro atoms. The Morgan fingerprint density at radius 1 is 1.33 bits per heavy atom. The molecule has 1 unspecified atom stereocenters. The lowest BCUT2D eigenvalue weighted by molar-refractivity contribution is 0.0881. The van der Waals surface area contributed by atoms with Gasteiger partial charge in [-0.2, -0.15) is 0 Å². The molecule has 108 valence electrons. The predicted molar refractivity (Wildman–Crippen MR) is 72.2 cm³/mol. The number of aliphatic hydroxyl groups is 1. The van der Waals surface area contributed by atoms with Crippen LogP contribution >= 0.6 is 0 Å². The lowest BCUT2D eigenvalue weighted by Crippen LogP contribution is -2.30. The Morgan fingerprint density at radius 2 is 2.19 bits per heavy atom. The number of amides is 1. The summed E-state index contributed by atoms with van der Waals surface area (Å²) in [6, 6.07) is 8.49. The highest BCUT2D eigenvalue weighted by Gasteiger charge is 2.20. The van der Waals surface area contributed by atoms with Crippen molar-refractivity contribution in [2.45, 2.75) is 6.04 Å². The van der Waals surface area contributed by atoms with Crippen molar-refractivity contribution < 1.29 is 23.1 Å². The first kappa shape index (κ1) is 13.4. The second-order valence-electron chi connectivity index (χ2n) is 4.49. The largest absolute Gasteiger partial charge is 0.467 e. The lowest BCUT2D eigenvalue weighted by atomic mass is 10.2. The zero-order valence-electron chi connectivity index (χ0n) is 10.9. The molecular formula is C15H12FNO4. The van der Waals surface area contributed by atoms with Crippen LogP contribution in [0.5, 0.6) is 0 Å². The first-order valence-electron chi connectivity index (χ1n) is 6.32. The van der Waals surface area contributed by atoms with E-state index in [1.807, 2.05) is 0 Å². The van der Waals surface area contributed by atoms with Gasteiger partial charge in [0, 0.05) is 5.39 Å². The molecule has 0 saturated carbocycles. The fourth-order valence-electron chi connectivity index (χ4n) is 2.07. The van der Waals surface area contributed by atoms with Gasteiger partial charge >= 0.3 is 0 Å². The number of hydrogen-bond acceptors (Lipinski definition) is 4. The first-order chi connectivity index (χ1) is 10.2. The summed E-state index contributed by atoms with van der Waals surface area (Å²) in [6.07, 6.45) is 1.45. The predicted octanol–water partition coefficient (Wildman–Crippen LogP) is 2.63. The molecule has 1 atom stereocenters. The topological polar surface area (TPSA) is 75.6 Å². The van der Waals surface area contributed by atoms with E-state index >= 15 is 0 Å². The summed E-state index contributed by atoms with van der Waals surface area (Å²) in [5.74, 6) is -0.689. The average molecular weight is 289 g/mol. The van der Waals surface area contributed by atoms with Gasteiger partial charge < -0.3 is 19.3 Å². The lowest BCUT2D eigenvalue weighted by Gasteiger charge is -2.12. The van der Waals surface area contributed by atoms with Crippen molar-refractivity contribution >= 4 is 16.9 Å². The minimum Gasteiger partial charge on any atom is -0.467 e. The van der Waals surface area contributed by atoms with E-state index in [1.54, 1.807) is 18.2 Å². The van der Waals surface area contributed by atoms with Crippen LogP contribution in [0.25, 0.3) is 11.0 Å². The summed E-state index contributed by atoms with van der Waals surface area (Å²) < 4.78 is 23.9. The summed E-state index contributed by atoms with van der Waals surface area (Å²) in [5, 5.41) is 12.4. The molecule has 0 radical (unpaired) electrons. The smallest absolute Gasteiger partial charge is 0.287 e. The Balaban J connectivity index is 1.85. The molecule has 2 N–H and O–H groups in total. The molecule has 3 aromatic rings. The number of carbonyl (C=O) groups excluding carboxylic acids is 1. The summed E-state index contributed by atoms with van der Waals surface area (Å²) in [6.45, 7) is -0.326. The molecule has 3 rings (SSSR count). The van der Waals surface area contributed by atoms with Gasteiger partial charge in [0.2, 0.25) is 0 Å². The van der Waals surface area contributed by atoms with Crippen LogP contribution in [0.2, 0.25) is 0 Å². The van der Waals surface area contributed by atoms with Gasteiger partial charge in [-0.15, -0.1) is 0 Å². The first-order valence-corrected chi connectivity index (χ1v) is 6.32. The third kappa shape index (κ3) is 2.53. The Bertz CT molecular complexity index is 763. The fraction of sp³-hybridized carbons (Fsp3) is 0.133. The number of furan rings is 2. The quantitative estimate of drug-likeness (QED) is 0.774. The second-order valence-corrected chi connectivity index (χ2v) is 4.49. The van der Waals surface area contributed by atoms with Crippen molar-refractivity contribution in [2.75, 3.05) is 6.61 Å². The summed E-state index contributed by atoms with van der Waals surface area (Å²) >= 11 is 0. The number of benzene rings is 1. The number of fused-ring (bicyclic) bond motifs is 1. The highest BCUT2D eigenvalue weighted by molar-refractivity contribution is 5.96. The minimum atomic E-state index is -0.689. The van der Waals surface area contributed by atoms with Gasteiger partial charge in [0.05, 0.1) is 12.9 Å². The van der Waals surface area contributed by atoms with Crippen LogP contribution in [-0.2, 0) is 0 Å². The van der Waals surface area contributed by atoms with Crippen molar-refractivity contribution in [3.05, 3.63) is 60.0 Å². The number of halogens is 1. The van der Waals surface area contributed by atoms with Crippen LogP contribution in [0.4, 0.5) is 4.39 Å². The number of carbonyl (C=O) groups is 1. The van der Waals surface area contributed by atoms with Gasteiger partial charge in [-0.25, -0.2) is 4.39 Å². The maximum Gasteiger partial charge on any atom is 0.287 e. The molecule has 1 amide bonds. The third-order valence-electron chi connectivity index (χ3n) is 3.09. The molecular weight excluding hydrogens is 277 g/mol. The third-order valence-corrected chi connectivity index (χ3v) is 3.09. The molecule has 0 saturated heterocycles. The number of para-hydroxylation sites is 1. The molecule has 2 heterocycles. The SMILES string of the molecule is O=C(NC(CO)c1ccco1)c1cc2cccc(F)c2o1. The van der Waals surface area contributed by atoms with E-state index in [2.05, 4.69) is 5.32 Å². The van der Waals surface area contributed by atoms with E-state index in [0.717, 1.165) is 0 Å². The number of hydrogen-bond donors (Lipinski definition) is 2. The minimum absolute atomic E-state index is 0.0277. The van der Waals surface area contributed by atoms with Crippen LogP contribution < -0.4 is 5.32 Å². The molecule has 0 aliphatic rings. The van der Waals surface area contributed by atoms with Crippen LogP contribution in [0, 0.1) is 5.82 Å². The molecule has 0 bridgehead atoms. The van der Waals surface area contributed by atoms with Crippen molar-refractivity contribution in [3.8, 4) is 0 Å². The molecule has 6 heteroatoms. The van der Waals surface area contributed by atoms with Crippen LogP contribution in [0.3, 0.4) is 0 Å². The Hall–Kier alpha value is -2.60. The van der Waals surface area contributed by atoms with Crippen molar-refractivity contribution in [2.24, 2.45) is 0 Å². The molecule has 1 aromatic carbocycles. The molecule has 0 aliphatic heterocycles. The Kier molecular flexibility index (Phi) is 3.45. The molecule has 5 nitrogen and oxygen atoms in total. The molecule has 0 fully saturated rings. The van der Waals surface area contributed by atoms with E-state index in [4.69, 9.17) is 8.83 Å². The number of nitrogens with one attached hydrogen (secondary N) is 1. The zero-order valence-corrected chi connectivity index (χ0v) is 10.9. The van der Waals surface area contributed by atoms with Crippen molar-refractivity contribution in [1.29, 1.82) is 0 Å². The van der Waals surface area contributed by atoms with Gasteiger partial charge in [-0.05, 0) is 24.3 Å². The summed E-state index contributed by atoms with van der Waals surface area (Å²) in [5.41, 5.74) is 0.0289. The average Bonchev–Trinajstić information content (AvgIpc) is 3.14. The van der Waals surface area contributed by atoms with Crippen LogP contribution in [0.15, 0.2) is 51.5 Å². The van der Waals surface area contributed by atoms with Crippen LogP contribution in [-0.4, -0.2) is 17.6 Å². The van der Waals surface area contributed by atoms with E-state index in [0.29, 0.717) is 11.1 Å². The van der Waals surface area contributed by atoms with Gasteiger partial charge in [0.15, 0.2) is 17.2 Å². The highest BCUT2D eigenvalue weighted by Crippen LogP contribution is 2.22. The Morgan fingerprint density at radius 3 is 2.86 bits per heavy atom. The molecule has 21 heavy (non-hydrogen) atoms. The fourth-order valence-corrected chi connectivity index (χ4v) is 2.07. The second kappa shape index (κ2) is 5.41. The summed E-state index contributed by atoms with van der Waals surface area (Å²) in [4.78, 5) is 12.1. The van der Waals surface area contributed by atoms with E-state index in [1.165, 1.54) is 24.5 Å². The Labute approximate surface area is 119 Å². The number of aliphatic hydroxyl groups excluding tert-OH is 1.